The van der Waals surface area contributed by atoms with E-state index < -0.39 is 24.4 Å². The van der Waals surface area contributed by atoms with Gasteiger partial charge in [-0.05, 0) is 67.8 Å². The maximum atomic E-state index is 12.9. The number of carbonyl (C=O) groups is 4. The summed E-state index contributed by atoms with van der Waals surface area (Å²) in [5.41, 5.74) is 4.43. The van der Waals surface area contributed by atoms with Gasteiger partial charge in [-0.25, -0.2) is 4.79 Å². The Balaban J connectivity index is 1.58. The first-order chi connectivity index (χ1) is 17.7. The highest BCUT2D eigenvalue weighted by Crippen LogP contribution is 2.35. The molecule has 1 aliphatic rings. The average molecular weight is 502 g/mol. The number of ether oxygens (including phenoxy) is 3. The summed E-state index contributed by atoms with van der Waals surface area (Å²) in [4.78, 5) is 52.5. The Morgan fingerprint density at radius 2 is 1.43 bits per heavy atom. The van der Waals surface area contributed by atoms with E-state index in [1.807, 2.05) is 26.8 Å². The fraction of sp³-hybridized carbons (Fsp3) is 0.241. The summed E-state index contributed by atoms with van der Waals surface area (Å²) in [6.07, 6.45) is 0. The second-order valence-electron chi connectivity index (χ2n) is 8.86. The van der Waals surface area contributed by atoms with Crippen LogP contribution in [0.4, 0.5) is 0 Å². The van der Waals surface area contributed by atoms with Crippen LogP contribution in [0.2, 0.25) is 0 Å². The van der Waals surface area contributed by atoms with Gasteiger partial charge in [-0.2, -0.15) is 0 Å². The Morgan fingerprint density at radius 1 is 0.811 bits per heavy atom. The Labute approximate surface area is 214 Å². The van der Waals surface area contributed by atoms with Crippen molar-refractivity contribution in [2.75, 3.05) is 20.8 Å². The third-order valence-corrected chi connectivity index (χ3v) is 6.47. The van der Waals surface area contributed by atoms with Crippen molar-refractivity contribution in [3.8, 4) is 11.5 Å². The first-order valence-corrected chi connectivity index (χ1v) is 11.6. The van der Waals surface area contributed by atoms with Gasteiger partial charge in [0.15, 0.2) is 18.1 Å². The fourth-order valence-corrected chi connectivity index (χ4v) is 4.38. The highest BCUT2D eigenvalue weighted by Gasteiger charge is 2.36. The zero-order valence-electron chi connectivity index (χ0n) is 21.3. The molecule has 0 aliphatic carbocycles. The topological polar surface area (TPSA) is 99.2 Å². The number of benzene rings is 3. The molecule has 0 bridgehead atoms. The second-order valence-corrected chi connectivity index (χ2v) is 8.86. The van der Waals surface area contributed by atoms with Gasteiger partial charge in [-0.15, -0.1) is 0 Å². The van der Waals surface area contributed by atoms with Gasteiger partial charge in [0.25, 0.3) is 11.8 Å². The van der Waals surface area contributed by atoms with Crippen molar-refractivity contribution in [3.05, 3.63) is 93.0 Å². The van der Waals surface area contributed by atoms with E-state index in [4.69, 9.17) is 14.2 Å². The summed E-state index contributed by atoms with van der Waals surface area (Å²) in [5, 5.41) is 0. The van der Waals surface area contributed by atoms with Crippen LogP contribution < -0.4 is 9.47 Å². The lowest BCUT2D eigenvalue weighted by atomic mass is 9.98. The Bertz CT molecular complexity index is 1410. The molecule has 0 saturated heterocycles. The molecule has 2 amide bonds. The molecule has 1 heterocycles. The lowest BCUT2D eigenvalue weighted by Gasteiger charge is -2.19. The van der Waals surface area contributed by atoms with Gasteiger partial charge in [-0.1, -0.05) is 18.2 Å². The second kappa shape index (κ2) is 10.3. The number of rotatable bonds is 8. The minimum atomic E-state index is -0.751. The van der Waals surface area contributed by atoms with Crippen LogP contribution in [0.25, 0.3) is 0 Å². The van der Waals surface area contributed by atoms with Crippen molar-refractivity contribution < 1.29 is 33.4 Å². The van der Waals surface area contributed by atoms with E-state index in [1.165, 1.54) is 26.4 Å². The van der Waals surface area contributed by atoms with Crippen LogP contribution in [-0.4, -0.2) is 49.3 Å². The quantitative estimate of drug-likeness (QED) is 0.255. The van der Waals surface area contributed by atoms with Crippen LogP contribution in [0, 0.1) is 20.8 Å². The zero-order chi connectivity index (χ0) is 26.9. The smallest absolute Gasteiger partial charge is 0.338 e. The number of carbonyl (C=O) groups excluding carboxylic acids is 4. The van der Waals surface area contributed by atoms with Gasteiger partial charge in [0.2, 0.25) is 5.78 Å². The van der Waals surface area contributed by atoms with Crippen molar-refractivity contribution in [1.82, 2.24) is 4.90 Å². The predicted octanol–water partition coefficient (Wildman–Crippen LogP) is 4.46. The minimum Gasteiger partial charge on any atom is -0.493 e. The fourth-order valence-electron chi connectivity index (χ4n) is 4.38. The Hall–Kier alpha value is -4.46. The van der Waals surface area contributed by atoms with E-state index in [-0.39, 0.29) is 29.4 Å². The molecule has 37 heavy (non-hydrogen) atoms. The number of hydrogen-bond donors (Lipinski definition) is 0. The van der Waals surface area contributed by atoms with Crippen LogP contribution in [0.3, 0.4) is 0 Å². The van der Waals surface area contributed by atoms with Gasteiger partial charge in [0, 0.05) is 11.1 Å². The van der Waals surface area contributed by atoms with Crippen molar-refractivity contribution in [1.29, 1.82) is 0 Å². The number of Topliss-reactive ketones (excluding diaryl/α,β-unsaturated/α-hetero) is 1. The lowest BCUT2D eigenvalue weighted by molar-refractivity contribution is 0.0474. The molecule has 0 unspecified atom stereocenters. The van der Waals surface area contributed by atoms with Crippen LogP contribution >= 0.6 is 0 Å². The highest BCUT2D eigenvalue weighted by molar-refractivity contribution is 6.21. The lowest BCUT2D eigenvalue weighted by Crippen LogP contribution is -2.29. The highest BCUT2D eigenvalue weighted by atomic mass is 16.5. The van der Waals surface area contributed by atoms with Gasteiger partial charge in [0.05, 0.1) is 37.5 Å². The monoisotopic (exact) mass is 501 g/mol. The van der Waals surface area contributed by atoms with E-state index in [2.05, 4.69) is 0 Å². The molecule has 0 radical (unpaired) electrons. The number of aryl methyl sites for hydroxylation is 3. The summed E-state index contributed by atoms with van der Waals surface area (Å²) >= 11 is 0. The molecular formula is C29H27NO7. The van der Waals surface area contributed by atoms with Crippen molar-refractivity contribution in [3.63, 3.8) is 0 Å². The molecule has 0 atom stereocenters. The van der Waals surface area contributed by atoms with Crippen LogP contribution in [0.15, 0.2) is 48.5 Å². The number of fused-ring (bicyclic) bond motifs is 1. The van der Waals surface area contributed by atoms with Crippen molar-refractivity contribution in [2.24, 2.45) is 0 Å². The molecule has 8 nitrogen and oxygen atoms in total. The van der Waals surface area contributed by atoms with E-state index in [0.29, 0.717) is 22.3 Å². The van der Waals surface area contributed by atoms with E-state index in [1.54, 1.807) is 30.3 Å². The Kier molecular flexibility index (Phi) is 7.11. The number of methoxy groups -OCH3 is 2. The van der Waals surface area contributed by atoms with Crippen molar-refractivity contribution in [2.45, 2.75) is 27.3 Å². The summed E-state index contributed by atoms with van der Waals surface area (Å²) in [6, 6.07) is 13.2. The average Bonchev–Trinajstić information content (AvgIpc) is 3.13. The molecule has 0 spiro atoms. The number of hydrogen-bond acceptors (Lipinski definition) is 7. The maximum Gasteiger partial charge on any atom is 0.338 e. The third-order valence-electron chi connectivity index (χ3n) is 6.47. The summed E-state index contributed by atoms with van der Waals surface area (Å²) in [7, 11) is 2.83. The molecular weight excluding hydrogens is 474 g/mol. The molecule has 3 aromatic rings. The third kappa shape index (κ3) is 4.82. The van der Waals surface area contributed by atoms with Crippen LogP contribution in [0.1, 0.15) is 63.7 Å². The van der Waals surface area contributed by atoms with Gasteiger partial charge in [-0.3, -0.25) is 19.3 Å². The molecule has 190 valence electrons. The van der Waals surface area contributed by atoms with Gasteiger partial charge in [0.1, 0.15) is 0 Å². The molecule has 0 saturated carbocycles. The van der Waals surface area contributed by atoms with E-state index in [0.717, 1.165) is 21.6 Å². The molecule has 3 aromatic carbocycles. The summed E-state index contributed by atoms with van der Waals surface area (Å²) in [5.74, 6) is -1.45. The SMILES string of the molecule is COc1cc(C(=O)OCC(=O)c2cc(C)c(C)cc2C)cc(CN2C(=O)c3ccccc3C2=O)c1OC. The maximum absolute atomic E-state index is 12.9. The van der Waals surface area contributed by atoms with E-state index in [9.17, 15) is 19.2 Å². The number of amides is 2. The molecule has 1 aliphatic heterocycles. The van der Waals surface area contributed by atoms with Crippen LogP contribution in [-0.2, 0) is 11.3 Å². The number of esters is 1. The number of nitrogens with zero attached hydrogens (tertiary/aromatic N) is 1. The largest absolute Gasteiger partial charge is 0.493 e. The minimum absolute atomic E-state index is 0.0915. The van der Waals surface area contributed by atoms with Gasteiger partial charge < -0.3 is 14.2 Å². The summed E-state index contributed by atoms with van der Waals surface area (Å²) < 4.78 is 16.2. The Morgan fingerprint density at radius 3 is 2.03 bits per heavy atom. The first-order valence-electron chi connectivity index (χ1n) is 11.6. The van der Waals surface area contributed by atoms with E-state index >= 15 is 0 Å². The number of ketones is 1. The van der Waals surface area contributed by atoms with Gasteiger partial charge >= 0.3 is 5.97 Å². The van der Waals surface area contributed by atoms with Crippen molar-refractivity contribution >= 4 is 23.6 Å². The molecule has 0 fully saturated rings. The molecule has 0 N–H and O–H groups in total. The molecule has 8 heteroatoms. The van der Waals surface area contributed by atoms with Crippen LogP contribution in [0.5, 0.6) is 11.5 Å². The normalized spacial score (nSPS) is 12.4. The zero-order valence-corrected chi connectivity index (χ0v) is 21.3. The molecule has 0 aromatic heterocycles. The summed E-state index contributed by atoms with van der Waals surface area (Å²) in [6.45, 7) is 5.13. The predicted molar refractivity (Wildman–Crippen MR) is 135 cm³/mol. The standard InChI is InChI=1S/C29H27NO7/c1-16-10-18(3)23(11-17(16)2)24(31)15-37-29(34)19-12-20(26(36-5)25(13-19)35-4)14-30-27(32)21-8-6-7-9-22(21)28(30)33/h6-13H,14-15H2,1-5H3. The first kappa shape index (κ1) is 25.6. The molecule has 4 rings (SSSR count). The number of imide groups is 1.